The molecule has 1 aliphatic rings. The van der Waals surface area contributed by atoms with Crippen LogP contribution in [-0.2, 0) is 4.79 Å². The Bertz CT molecular complexity index is 196. The zero-order chi connectivity index (χ0) is 9.90. The lowest BCUT2D eigenvalue weighted by Crippen LogP contribution is -2.20. The average molecular weight is 252 g/mol. The maximum absolute atomic E-state index is 12.9. The number of nitrogens with one attached hydrogen (secondary N) is 1. The molecule has 76 valence electrons. The number of alkyl halides is 2. The predicted molar refractivity (Wildman–Crippen MR) is 53.4 cm³/mol. The summed E-state index contributed by atoms with van der Waals surface area (Å²) in [4.78, 5) is 10.5. The molecule has 2 unspecified atom stereocenters. The number of rotatable bonds is 5. The summed E-state index contributed by atoms with van der Waals surface area (Å²) < 4.78 is 11.9. The van der Waals surface area contributed by atoms with Gasteiger partial charge in [0.25, 0.3) is 0 Å². The molecule has 0 aromatic heterocycles. The third kappa shape index (κ3) is 4.07. The first-order valence-corrected chi connectivity index (χ1v) is 5.44. The lowest BCUT2D eigenvalue weighted by Gasteiger charge is -2.01. The molecule has 0 heterocycles. The van der Waals surface area contributed by atoms with E-state index in [1.807, 2.05) is 0 Å². The van der Waals surface area contributed by atoms with Crippen molar-refractivity contribution in [1.29, 1.82) is 0 Å². The Morgan fingerprint density at radius 2 is 2.31 bits per heavy atom. The van der Waals surface area contributed by atoms with Crippen LogP contribution in [-0.4, -0.2) is 17.0 Å². The molecular formula is C9H15BrFNO. The summed E-state index contributed by atoms with van der Waals surface area (Å²) in [6, 6.07) is 0. The third-order valence-corrected chi connectivity index (χ3v) is 3.28. The van der Waals surface area contributed by atoms with Crippen molar-refractivity contribution in [2.24, 2.45) is 5.92 Å². The van der Waals surface area contributed by atoms with Gasteiger partial charge in [0.1, 0.15) is 0 Å². The Morgan fingerprint density at radius 3 is 2.77 bits per heavy atom. The van der Waals surface area contributed by atoms with Crippen molar-refractivity contribution >= 4 is 21.8 Å². The Hall–Kier alpha value is -0.120. The smallest absolute Gasteiger partial charge is 0.216 e. The fraction of sp³-hybridized carbons (Fsp3) is 0.889. The van der Waals surface area contributed by atoms with E-state index in [0.717, 1.165) is 19.3 Å². The number of carbonyl (C=O) groups is 1. The van der Waals surface area contributed by atoms with Crippen molar-refractivity contribution in [2.75, 3.05) is 6.54 Å². The Labute approximate surface area is 86.4 Å². The molecule has 1 N–H and O–H groups in total. The van der Waals surface area contributed by atoms with Crippen molar-refractivity contribution in [3.63, 3.8) is 0 Å². The van der Waals surface area contributed by atoms with Gasteiger partial charge in [-0.05, 0) is 35.2 Å². The molecule has 13 heavy (non-hydrogen) atoms. The molecule has 1 aliphatic carbocycles. The van der Waals surface area contributed by atoms with Crippen LogP contribution < -0.4 is 5.32 Å². The summed E-state index contributed by atoms with van der Waals surface area (Å²) in [5, 5.41) is 2.72. The summed E-state index contributed by atoms with van der Waals surface area (Å²) in [5.41, 5.74) is 0. The second-order valence-electron chi connectivity index (χ2n) is 3.64. The summed E-state index contributed by atoms with van der Waals surface area (Å²) in [7, 11) is 0. The Morgan fingerprint density at radius 1 is 1.69 bits per heavy atom. The first-order valence-electron chi connectivity index (χ1n) is 4.64. The van der Waals surface area contributed by atoms with Gasteiger partial charge in [0.2, 0.25) is 5.91 Å². The fourth-order valence-corrected chi connectivity index (χ4v) is 1.98. The number of amides is 1. The van der Waals surface area contributed by atoms with Gasteiger partial charge in [-0.3, -0.25) is 4.79 Å². The highest BCUT2D eigenvalue weighted by Crippen LogP contribution is 2.54. The van der Waals surface area contributed by atoms with Crippen molar-refractivity contribution in [3.05, 3.63) is 0 Å². The summed E-state index contributed by atoms with van der Waals surface area (Å²) in [6.07, 6.45) is 3.50. The van der Waals surface area contributed by atoms with Gasteiger partial charge in [-0.2, -0.15) is 0 Å². The molecular weight excluding hydrogens is 237 g/mol. The van der Waals surface area contributed by atoms with Crippen LogP contribution in [0.15, 0.2) is 0 Å². The molecule has 4 heteroatoms. The van der Waals surface area contributed by atoms with Crippen molar-refractivity contribution in [1.82, 2.24) is 5.32 Å². The van der Waals surface area contributed by atoms with Gasteiger partial charge < -0.3 is 5.32 Å². The van der Waals surface area contributed by atoms with Gasteiger partial charge >= 0.3 is 0 Å². The summed E-state index contributed by atoms with van der Waals surface area (Å²) >= 11 is 3.01. The average Bonchev–Trinajstić information content (AvgIpc) is 2.58. The monoisotopic (exact) mass is 251 g/mol. The van der Waals surface area contributed by atoms with Crippen LogP contribution in [0.4, 0.5) is 4.39 Å². The highest BCUT2D eigenvalue weighted by molar-refractivity contribution is 9.10. The van der Waals surface area contributed by atoms with Gasteiger partial charge in [0.15, 0.2) is 4.58 Å². The van der Waals surface area contributed by atoms with E-state index in [4.69, 9.17) is 0 Å². The number of carbonyl (C=O) groups excluding carboxylic acids is 1. The highest BCUT2D eigenvalue weighted by Gasteiger charge is 2.52. The number of hydrogen-bond acceptors (Lipinski definition) is 1. The predicted octanol–water partition coefficient (Wildman–Crippen LogP) is 2.37. The molecule has 0 aromatic carbocycles. The second kappa shape index (κ2) is 4.40. The minimum absolute atomic E-state index is 0.00625. The molecule has 0 spiro atoms. The number of halogens is 2. The molecule has 0 aromatic rings. The quantitative estimate of drug-likeness (QED) is 0.590. The van der Waals surface area contributed by atoms with E-state index < -0.39 is 4.58 Å². The molecule has 1 amide bonds. The Kier molecular flexibility index (Phi) is 3.71. The topological polar surface area (TPSA) is 29.1 Å². The standard InChI is InChI=1S/C9H15BrFNO/c1-7(13)12-5-3-2-4-8-6-9(8,10)11/h8H,2-6H2,1H3,(H,12,13). The van der Waals surface area contributed by atoms with Gasteiger partial charge in [-0.25, -0.2) is 4.39 Å². The van der Waals surface area contributed by atoms with Crippen LogP contribution in [0.2, 0.25) is 0 Å². The van der Waals surface area contributed by atoms with Crippen molar-refractivity contribution < 1.29 is 9.18 Å². The molecule has 0 bridgehead atoms. The molecule has 1 rings (SSSR count). The van der Waals surface area contributed by atoms with Crippen LogP contribution in [0.3, 0.4) is 0 Å². The minimum Gasteiger partial charge on any atom is -0.356 e. The SMILES string of the molecule is CC(=O)NCCCCC1CC1(F)Br. The first kappa shape index (κ1) is 11.0. The van der Waals surface area contributed by atoms with Crippen LogP contribution in [0.25, 0.3) is 0 Å². The summed E-state index contributed by atoms with van der Waals surface area (Å²) in [6.45, 7) is 2.22. The zero-order valence-electron chi connectivity index (χ0n) is 7.78. The zero-order valence-corrected chi connectivity index (χ0v) is 9.36. The van der Waals surface area contributed by atoms with E-state index in [0.29, 0.717) is 13.0 Å². The van der Waals surface area contributed by atoms with Crippen LogP contribution in [0, 0.1) is 5.92 Å². The van der Waals surface area contributed by atoms with Crippen LogP contribution >= 0.6 is 15.9 Å². The lowest BCUT2D eigenvalue weighted by molar-refractivity contribution is -0.118. The fourth-order valence-electron chi connectivity index (χ4n) is 1.36. The van der Waals surface area contributed by atoms with E-state index in [9.17, 15) is 9.18 Å². The number of hydrogen-bond donors (Lipinski definition) is 1. The molecule has 1 fully saturated rings. The number of unbranched alkanes of at least 4 members (excludes halogenated alkanes) is 1. The van der Waals surface area contributed by atoms with Crippen LogP contribution in [0.5, 0.6) is 0 Å². The maximum Gasteiger partial charge on any atom is 0.216 e. The highest BCUT2D eigenvalue weighted by atomic mass is 79.9. The molecule has 0 aliphatic heterocycles. The third-order valence-electron chi connectivity index (χ3n) is 2.31. The van der Waals surface area contributed by atoms with Gasteiger partial charge in [-0.1, -0.05) is 6.42 Å². The van der Waals surface area contributed by atoms with E-state index >= 15 is 0 Å². The van der Waals surface area contributed by atoms with Crippen molar-refractivity contribution in [3.8, 4) is 0 Å². The normalized spacial score (nSPS) is 31.5. The van der Waals surface area contributed by atoms with E-state index in [1.54, 1.807) is 0 Å². The largest absolute Gasteiger partial charge is 0.356 e. The van der Waals surface area contributed by atoms with Crippen LogP contribution in [0.1, 0.15) is 32.6 Å². The van der Waals surface area contributed by atoms with E-state index in [-0.39, 0.29) is 11.8 Å². The van der Waals surface area contributed by atoms with Crippen molar-refractivity contribution in [2.45, 2.75) is 37.2 Å². The maximum atomic E-state index is 12.9. The molecule has 0 saturated heterocycles. The Balaban J connectivity index is 1.88. The molecule has 1 saturated carbocycles. The van der Waals surface area contributed by atoms with Gasteiger partial charge in [-0.15, -0.1) is 0 Å². The van der Waals surface area contributed by atoms with Gasteiger partial charge in [0.05, 0.1) is 0 Å². The molecule has 0 radical (unpaired) electrons. The second-order valence-corrected chi connectivity index (χ2v) is 4.96. The lowest BCUT2D eigenvalue weighted by atomic mass is 10.2. The minimum atomic E-state index is -1.07. The van der Waals surface area contributed by atoms with E-state index in [2.05, 4.69) is 21.2 Å². The first-order chi connectivity index (χ1) is 6.02. The van der Waals surface area contributed by atoms with Gasteiger partial charge in [0, 0.05) is 19.4 Å². The summed E-state index contributed by atoms with van der Waals surface area (Å²) in [5.74, 6) is 0.205. The van der Waals surface area contributed by atoms with E-state index in [1.165, 1.54) is 6.92 Å². The molecule has 2 atom stereocenters. The molecule has 2 nitrogen and oxygen atoms in total.